The van der Waals surface area contributed by atoms with Crippen LogP contribution in [0.3, 0.4) is 0 Å². The van der Waals surface area contributed by atoms with Gasteiger partial charge in [0.25, 0.3) is 0 Å². The lowest BCUT2D eigenvalue weighted by Gasteiger charge is -2.17. The highest BCUT2D eigenvalue weighted by Gasteiger charge is 2.22. The van der Waals surface area contributed by atoms with Gasteiger partial charge in [0.15, 0.2) is 23.1 Å². The highest BCUT2D eigenvalue weighted by molar-refractivity contribution is 5.85. The number of carbonyl (C=O) groups is 2. The molecular formula is C31H27F2NO5. The third-order valence-corrected chi connectivity index (χ3v) is 5.90. The van der Waals surface area contributed by atoms with Crippen LogP contribution in [0.25, 0.3) is 0 Å². The highest BCUT2D eigenvalue weighted by Crippen LogP contribution is 2.30. The third-order valence-electron chi connectivity index (χ3n) is 5.90. The normalized spacial score (nSPS) is 11.4. The first-order chi connectivity index (χ1) is 18.9. The average Bonchev–Trinajstić information content (AvgIpc) is 2.94. The molecule has 2 N–H and O–H groups in total. The quantitative estimate of drug-likeness (QED) is 0.253. The molecule has 0 fully saturated rings. The second-order valence-electron chi connectivity index (χ2n) is 8.92. The van der Waals surface area contributed by atoms with Gasteiger partial charge >= 0.3 is 5.97 Å². The second kappa shape index (κ2) is 13.2. The molecule has 39 heavy (non-hydrogen) atoms. The minimum atomic E-state index is -1.25. The Morgan fingerprint density at radius 3 is 1.87 bits per heavy atom. The van der Waals surface area contributed by atoms with E-state index in [2.05, 4.69) is 5.32 Å². The standard InChI is InChI=1S/C31H27F2NO5/c32-25-13-11-23(15-26(25)33)18-30(35)34-27(31(36)37)16-24-12-14-28(38-19-21-7-3-1-4-8-21)29(17-24)39-20-22-9-5-2-6-10-22/h1-15,17,27H,16,18-20H2,(H,34,35)(H,36,37)/t27-/m1/s1. The number of carboxylic acid groups (broad SMARTS) is 1. The van der Waals surface area contributed by atoms with E-state index in [0.717, 1.165) is 23.3 Å². The van der Waals surface area contributed by atoms with Gasteiger partial charge in [0.05, 0.1) is 6.42 Å². The van der Waals surface area contributed by atoms with Crippen LogP contribution in [0.2, 0.25) is 0 Å². The third kappa shape index (κ3) is 8.13. The molecular weight excluding hydrogens is 504 g/mol. The van der Waals surface area contributed by atoms with Crippen molar-refractivity contribution in [3.05, 3.63) is 131 Å². The van der Waals surface area contributed by atoms with Crippen molar-refractivity contribution >= 4 is 11.9 Å². The summed E-state index contributed by atoms with van der Waals surface area (Å²) in [5.74, 6) is -3.03. The Balaban J connectivity index is 1.48. The van der Waals surface area contributed by atoms with Gasteiger partial charge in [-0.25, -0.2) is 13.6 Å². The first kappa shape index (κ1) is 27.3. The Morgan fingerprint density at radius 2 is 1.28 bits per heavy atom. The number of halogens is 2. The molecule has 8 heteroatoms. The Morgan fingerprint density at radius 1 is 0.692 bits per heavy atom. The topological polar surface area (TPSA) is 84.9 Å². The summed E-state index contributed by atoms with van der Waals surface area (Å²) in [6.07, 6.45) is -0.321. The van der Waals surface area contributed by atoms with E-state index in [9.17, 15) is 23.5 Å². The van der Waals surface area contributed by atoms with Crippen LogP contribution >= 0.6 is 0 Å². The van der Waals surface area contributed by atoms with Crippen LogP contribution in [0.15, 0.2) is 97.1 Å². The predicted octanol–water partition coefficient (Wildman–Crippen LogP) is 5.48. The predicted molar refractivity (Wildman–Crippen MR) is 141 cm³/mol. The van der Waals surface area contributed by atoms with Gasteiger partial charge in [-0.2, -0.15) is 0 Å². The SMILES string of the molecule is O=C(Cc1ccc(F)c(F)c1)N[C@H](Cc1ccc(OCc2ccccc2)c(OCc2ccccc2)c1)C(=O)O. The maximum Gasteiger partial charge on any atom is 0.326 e. The molecule has 6 nitrogen and oxygen atoms in total. The molecule has 4 aromatic carbocycles. The van der Waals surface area contributed by atoms with Crippen molar-refractivity contribution < 1.29 is 33.0 Å². The Kier molecular flexibility index (Phi) is 9.24. The first-order valence-corrected chi connectivity index (χ1v) is 12.3. The van der Waals surface area contributed by atoms with E-state index >= 15 is 0 Å². The fourth-order valence-corrected chi connectivity index (χ4v) is 3.90. The van der Waals surface area contributed by atoms with Crippen molar-refractivity contribution in [3.63, 3.8) is 0 Å². The Hall–Kier alpha value is -4.72. The van der Waals surface area contributed by atoms with Crippen LogP contribution in [0.1, 0.15) is 22.3 Å². The number of hydrogen-bond acceptors (Lipinski definition) is 4. The van der Waals surface area contributed by atoms with Gasteiger partial charge in [0.2, 0.25) is 5.91 Å². The number of rotatable bonds is 12. The van der Waals surface area contributed by atoms with Gasteiger partial charge in [-0.3, -0.25) is 4.79 Å². The highest BCUT2D eigenvalue weighted by atomic mass is 19.2. The lowest BCUT2D eigenvalue weighted by molar-refractivity contribution is -0.141. The first-order valence-electron chi connectivity index (χ1n) is 12.3. The Bertz CT molecular complexity index is 1410. The molecule has 0 aliphatic heterocycles. The number of benzene rings is 4. The molecule has 0 heterocycles. The molecule has 0 unspecified atom stereocenters. The number of carbonyl (C=O) groups excluding carboxylic acids is 1. The van der Waals surface area contributed by atoms with Gasteiger partial charge in [-0.1, -0.05) is 72.8 Å². The Labute approximate surface area is 224 Å². The maximum atomic E-state index is 13.5. The van der Waals surface area contributed by atoms with Crippen LogP contribution in [-0.4, -0.2) is 23.0 Å². The number of ether oxygens (including phenoxy) is 2. The monoisotopic (exact) mass is 531 g/mol. The molecule has 0 saturated carbocycles. The molecule has 0 aliphatic carbocycles. The van der Waals surface area contributed by atoms with Crippen molar-refractivity contribution in [1.29, 1.82) is 0 Å². The zero-order valence-corrected chi connectivity index (χ0v) is 21.0. The van der Waals surface area contributed by atoms with Gasteiger partial charge < -0.3 is 19.9 Å². The molecule has 200 valence electrons. The molecule has 0 radical (unpaired) electrons. The number of carboxylic acids is 1. The summed E-state index contributed by atoms with van der Waals surface area (Å²) in [6.45, 7) is 0.596. The fourth-order valence-electron chi connectivity index (χ4n) is 3.90. The maximum absolute atomic E-state index is 13.5. The molecule has 1 amide bonds. The van der Waals surface area contributed by atoms with E-state index in [0.29, 0.717) is 23.7 Å². The van der Waals surface area contributed by atoms with E-state index in [1.807, 2.05) is 60.7 Å². The van der Waals surface area contributed by atoms with Gasteiger partial charge in [0.1, 0.15) is 19.3 Å². The van der Waals surface area contributed by atoms with Crippen LogP contribution in [-0.2, 0) is 35.6 Å². The van der Waals surface area contributed by atoms with E-state index in [1.165, 1.54) is 6.07 Å². The number of hydrogen-bond donors (Lipinski definition) is 2. The van der Waals surface area contributed by atoms with Crippen LogP contribution in [0.5, 0.6) is 11.5 Å². The summed E-state index contributed by atoms with van der Waals surface area (Å²) in [5.41, 5.74) is 2.76. The molecule has 1 atom stereocenters. The van der Waals surface area contributed by atoms with E-state index in [1.54, 1.807) is 18.2 Å². The summed E-state index contributed by atoms with van der Waals surface area (Å²) >= 11 is 0. The molecule has 0 aromatic heterocycles. The van der Waals surface area contributed by atoms with Crippen LogP contribution < -0.4 is 14.8 Å². The number of nitrogens with one attached hydrogen (secondary N) is 1. The second-order valence-corrected chi connectivity index (χ2v) is 8.92. The zero-order chi connectivity index (χ0) is 27.6. The molecule has 0 aliphatic rings. The molecule has 0 saturated heterocycles. The van der Waals surface area contributed by atoms with Crippen LogP contribution in [0, 0.1) is 11.6 Å². The molecule has 0 bridgehead atoms. The molecule has 4 aromatic rings. The minimum absolute atomic E-state index is 0.0283. The summed E-state index contributed by atoms with van der Waals surface area (Å²) in [4.78, 5) is 24.4. The minimum Gasteiger partial charge on any atom is -0.485 e. The van der Waals surface area contributed by atoms with Gasteiger partial charge in [-0.15, -0.1) is 0 Å². The molecule has 0 spiro atoms. The van der Waals surface area contributed by atoms with E-state index in [-0.39, 0.29) is 25.0 Å². The summed E-state index contributed by atoms with van der Waals surface area (Å²) < 4.78 is 38.7. The van der Waals surface area contributed by atoms with E-state index in [4.69, 9.17) is 9.47 Å². The smallest absolute Gasteiger partial charge is 0.326 e. The van der Waals surface area contributed by atoms with Gasteiger partial charge in [-0.05, 0) is 46.5 Å². The van der Waals surface area contributed by atoms with Crippen LogP contribution in [0.4, 0.5) is 8.78 Å². The van der Waals surface area contributed by atoms with Crippen molar-refractivity contribution in [3.8, 4) is 11.5 Å². The van der Waals surface area contributed by atoms with Crippen molar-refractivity contribution in [2.45, 2.75) is 32.1 Å². The van der Waals surface area contributed by atoms with Crippen molar-refractivity contribution in [2.24, 2.45) is 0 Å². The van der Waals surface area contributed by atoms with Crippen molar-refractivity contribution in [1.82, 2.24) is 5.32 Å². The average molecular weight is 532 g/mol. The van der Waals surface area contributed by atoms with E-state index < -0.39 is 29.6 Å². The van der Waals surface area contributed by atoms with Crippen molar-refractivity contribution in [2.75, 3.05) is 0 Å². The summed E-state index contributed by atoms with van der Waals surface area (Å²) in [7, 11) is 0. The lowest BCUT2D eigenvalue weighted by Crippen LogP contribution is -2.43. The molecule has 4 rings (SSSR count). The largest absolute Gasteiger partial charge is 0.485 e. The lowest BCUT2D eigenvalue weighted by atomic mass is 10.0. The number of aliphatic carboxylic acids is 1. The summed E-state index contributed by atoms with van der Waals surface area (Å²) in [5, 5.41) is 12.2. The number of amides is 1. The zero-order valence-electron chi connectivity index (χ0n) is 21.0. The van der Waals surface area contributed by atoms with Gasteiger partial charge in [0, 0.05) is 6.42 Å². The fraction of sp³-hybridized carbons (Fsp3) is 0.161. The summed E-state index contributed by atoms with van der Waals surface area (Å²) in [6, 6.07) is 26.2.